The van der Waals surface area contributed by atoms with Crippen molar-refractivity contribution in [2.75, 3.05) is 0 Å². The summed E-state index contributed by atoms with van der Waals surface area (Å²) in [5, 5.41) is 12.1. The summed E-state index contributed by atoms with van der Waals surface area (Å²) >= 11 is 9.31. The number of amides is 1. The number of hydrogen-bond donors (Lipinski definition) is 2. The number of carboxylic acid groups (broad SMARTS) is 1. The summed E-state index contributed by atoms with van der Waals surface area (Å²) in [5.41, 5.74) is 0.956. The molecule has 0 aromatic heterocycles. The summed E-state index contributed by atoms with van der Waals surface area (Å²) in [6, 6.07) is 5.33. The van der Waals surface area contributed by atoms with E-state index in [1.165, 1.54) is 6.92 Å². The van der Waals surface area contributed by atoms with Gasteiger partial charge in [-0.25, -0.2) is 0 Å². The molecule has 0 spiro atoms. The maximum atomic E-state index is 11.1. The predicted molar refractivity (Wildman–Crippen MR) is 77.3 cm³/mol. The lowest BCUT2D eigenvalue weighted by atomic mass is 10.0. The molecule has 19 heavy (non-hydrogen) atoms. The Kier molecular flexibility index (Phi) is 6.31. The molecule has 0 saturated heterocycles. The number of hydrogen-bond acceptors (Lipinski definition) is 2. The van der Waals surface area contributed by atoms with Crippen LogP contribution in [-0.2, 0) is 16.0 Å². The minimum atomic E-state index is -0.871. The first-order chi connectivity index (χ1) is 8.88. The smallest absolute Gasteiger partial charge is 0.303 e. The Hall–Kier alpha value is -1.07. The van der Waals surface area contributed by atoms with E-state index < -0.39 is 5.97 Å². The van der Waals surface area contributed by atoms with Crippen LogP contribution in [-0.4, -0.2) is 23.0 Å². The number of aliphatic carboxylic acids is 1. The van der Waals surface area contributed by atoms with E-state index in [2.05, 4.69) is 21.2 Å². The molecular formula is C13H15BrClNO3. The van der Waals surface area contributed by atoms with Crippen molar-refractivity contribution < 1.29 is 14.7 Å². The number of rotatable bonds is 6. The number of carboxylic acids is 1. The first-order valence-electron chi connectivity index (χ1n) is 5.81. The molecule has 1 amide bonds. The minimum absolute atomic E-state index is 0.0230. The van der Waals surface area contributed by atoms with E-state index in [1.807, 2.05) is 12.1 Å². The summed E-state index contributed by atoms with van der Waals surface area (Å²) in [7, 11) is 0. The van der Waals surface area contributed by atoms with Gasteiger partial charge in [0.1, 0.15) is 0 Å². The van der Waals surface area contributed by atoms with Crippen molar-refractivity contribution in [3.8, 4) is 0 Å². The highest BCUT2D eigenvalue weighted by Gasteiger charge is 2.13. The Labute approximate surface area is 125 Å². The molecule has 1 atom stereocenters. The number of carbonyl (C=O) groups excluding carboxylic acids is 1. The second kappa shape index (κ2) is 7.50. The van der Waals surface area contributed by atoms with Crippen LogP contribution < -0.4 is 5.32 Å². The van der Waals surface area contributed by atoms with E-state index in [0.29, 0.717) is 17.9 Å². The normalized spacial score (nSPS) is 11.9. The number of halogens is 2. The fourth-order valence-corrected chi connectivity index (χ4v) is 2.21. The fraction of sp³-hybridized carbons (Fsp3) is 0.385. The van der Waals surface area contributed by atoms with Gasteiger partial charge >= 0.3 is 5.97 Å². The predicted octanol–water partition coefficient (Wildman–Crippen LogP) is 3.01. The molecular weight excluding hydrogens is 334 g/mol. The zero-order valence-electron chi connectivity index (χ0n) is 10.5. The van der Waals surface area contributed by atoms with Crippen molar-refractivity contribution >= 4 is 39.4 Å². The third kappa shape index (κ3) is 6.07. The molecule has 0 aliphatic carbocycles. The molecule has 0 aliphatic rings. The van der Waals surface area contributed by atoms with Crippen molar-refractivity contribution in [3.63, 3.8) is 0 Å². The molecule has 0 heterocycles. The van der Waals surface area contributed by atoms with E-state index in [0.717, 1.165) is 10.0 Å². The number of benzene rings is 1. The van der Waals surface area contributed by atoms with Crippen LogP contribution in [0.2, 0.25) is 5.02 Å². The Morgan fingerprint density at radius 3 is 2.68 bits per heavy atom. The van der Waals surface area contributed by atoms with Gasteiger partial charge in [-0.15, -0.1) is 0 Å². The van der Waals surface area contributed by atoms with E-state index in [1.54, 1.807) is 6.07 Å². The van der Waals surface area contributed by atoms with Gasteiger partial charge in [0, 0.05) is 23.9 Å². The average molecular weight is 349 g/mol. The highest BCUT2D eigenvalue weighted by molar-refractivity contribution is 9.10. The second-order valence-electron chi connectivity index (χ2n) is 4.28. The van der Waals surface area contributed by atoms with E-state index in [4.69, 9.17) is 16.7 Å². The van der Waals surface area contributed by atoms with Crippen LogP contribution in [0.4, 0.5) is 0 Å². The maximum Gasteiger partial charge on any atom is 0.303 e. The summed E-state index contributed by atoms with van der Waals surface area (Å²) in [6.45, 7) is 1.42. The monoisotopic (exact) mass is 347 g/mol. The average Bonchev–Trinajstić information content (AvgIpc) is 2.30. The Morgan fingerprint density at radius 1 is 1.47 bits per heavy atom. The van der Waals surface area contributed by atoms with Crippen LogP contribution in [0.25, 0.3) is 0 Å². The van der Waals surface area contributed by atoms with Crippen LogP contribution in [0, 0.1) is 0 Å². The first kappa shape index (κ1) is 16.0. The molecule has 0 radical (unpaired) electrons. The highest BCUT2D eigenvalue weighted by Crippen LogP contribution is 2.24. The van der Waals surface area contributed by atoms with Crippen LogP contribution in [0.1, 0.15) is 25.3 Å². The first-order valence-corrected chi connectivity index (χ1v) is 6.98. The van der Waals surface area contributed by atoms with Gasteiger partial charge in [-0.3, -0.25) is 9.59 Å². The summed E-state index contributed by atoms with van der Waals surface area (Å²) in [6.07, 6.45) is 0.970. The molecule has 1 unspecified atom stereocenters. The van der Waals surface area contributed by atoms with Crippen molar-refractivity contribution in [2.45, 2.75) is 32.2 Å². The van der Waals surface area contributed by atoms with Crippen LogP contribution >= 0.6 is 27.5 Å². The van der Waals surface area contributed by atoms with Crippen molar-refractivity contribution in [1.29, 1.82) is 0 Å². The van der Waals surface area contributed by atoms with Crippen LogP contribution in [0.5, 0.6) is 0 Å². The minimum Gasteiger partial charge on any atom is -0.481 e. The SMILES string of the molecule is CC(=O)NC(CCC(=O)O)Cc1ccc(Br)c(Cl)c1. The van der Waals surface area contributed by atoms with Crippen molar-refractivity contribution in [1.82, 2.24) is 5.32 Å². The van der Waals surface area contributed by atoms with E-state index in [9.17, 15) is 9.59 Å². The Morgan fingerprint density at radius 2 is 2.16 bits per heavy atom. The molecule has 6 heteroatoms. The van der Waals surface area contributed by atoms with Crippen molar-refractivity contribution in [3.05, 3.63) is 33.3 Å². The zero-order chi connectivity index (χ0) is 14.4. The molecule has 0 saturated carbocycles. The van der Waals surface area contributed by atoms with E-state index >= 15 is 0 Å². The molecule has 4 nitrogen and oxygen atoms in total. The third-order valence-corrected chi connectivity index (χ3v) is 3.81. The van der Waals surface area contributed by atoms with Crippen LogP contribution in [0.15, 0.2) is 22.7 Å². The summed E-state index contributed by atoms with van der Waals surface area (Å²) in [4.78, 5) is 21.7. The zero-order valence-corrected chi connectivity index (χ0v) is 12.8. The lowest BCUT2D eigenvalue weighted by molar-refractivity contribution is -0.137. The molecule has 2 N–H and O–H groups in total. The molecule has 0 aliphatic heterocycles. The Bertz CT molecular complexity index is 479. The number of nitrogens with one attached hydrogen (secondary N) is 1. The van der Waals surface area contributed by atoms with Crippen LogP contribution in [0.3, 0.4) is 0 Å². The fourth-order valence-electron chi connectivity index (χ4n) is 1.76. The third-order valence-electron chi connectivity index (χ3n) is 2.58. The topological polar surface area (TPSA) is 66.4 Å². The lowest BCUT2D eigenvalue weighted by Crippen LogP contribution is -2.35. The number of carbonyl (C=O) groups is 2. The van der Waals surface area contributed by atoms with Crippen molar-refractivity contribution in [2.24, 2.45) is 0 Å². The van der Waals surface area contributed by atoms with Gasteiger partial charge in [0.15, 0.2) is 0 Å². The van der Waals surface area contributed by atoms with Gasteiger partial charge in [-0.05, 0) is 46.5 Å². The second-order valence-corrected chi connectivity index (χ2v) is 5.54. The molecule has 1 aromatic rings. The van der Waals surface area contributed by atoms with Gasteiger partial charge in [0.2, 0.25) is 5.91 Å². The van der Waals surface area contributed by atoms with E-state index in [-0.39, 0.29) is 18.4 Å². The van der Waals surface area contributed by atoms with Gasteiger partial charge in [-0.1, -0.05) is 17.7 Å². The standard InChI is InChI=1S/C13H15BrClNO3/c1-8(17)16-10(3-5-13(18)19)6-9-2-4-11(14)12(15)7-9/h2,4,7,10H,3,5-6H2,1H3,(H,16,17)(H,18,19). The molecule has 0 bridgehead atoms. The quantitative estimate of drug-likeness (QED) is 0.830. The highest BCUT2D eigenvalue weighted by atomic mass is 79.9. The van der Waals surface area contributed by atoms with Gasteiger partial charge in [-0.2, -0.15) is 0 Å². The van der Waals surface area contributed by atoms with Gasteiger partial charge in [0.05, 0.1) is 5.02 Å². The lowest BCUT2D eigenvalue weighted by Gasteiger charge is -2.17. The van der Waals surface area contributed by atoms with Gasteiger partial charge < -0.3 is 10.4 Å². The summed E-state index contributed by atoms with van der Waals surface area (Å²) in [5.74, 6) is -1.04. The summed E-state index contributed by atoms with van der Waals surface area (Å²) < 4.78 is 0.805. The molecule has 1 aromatic carbocycles. The Balaban J connectivity index is 2.71. The largest absolute Gasteiger partial charge is 0.481 e. The molecule has 0 fully saturated rings. The molecule has 104 valence electrons. The van der Waals surface area contributed by atoms with Gasteiger partial charge in [0.25, 0.3) is 0 Å². The maximum absolute atomic E-state index is 11.1. The molecule has 1 rings (SSSR count).